The van der Waals surface area contributed by atoms with Gasteiger partial charge in [0.15, 0.2) is 5.37 Å². The largest absolute Gasteiger partial charge is 0.365 e. The maximum absolute atomic E-state index is 12.5. The number of hydrogen-bond acceptors (Lipinski definition) is 5. The van der Waals surface area contributed by atoms with Crippen LogP contribution >= 0.6 is 11.8 Å². The van der Waals surface area contributed by atoms with E-state index in [1.807, 2.05) is 6.07 Å². The molecule has 1 aliphatic rings. The van der Waals surface area contributed by atoms with Crippen molar-refractivity contribution in [3.8, 4) is 0 Å². The highest BCUT2D eigenvalue weighted by Crippen LogP contribution is 2.32. The molecule has 3 rings (SSSR count). The monoisotopic (exact) mass is 341 g/mol. The Kier molecular flexibility index (Phi) is 4.52. The molecule has 0 bridgehead atoms. The van der Waals surface area contributed by atoms with Crippen molar-refractivity contribution in [3.05, 3.63) is 54.6 Å². The lowest BCUT2D eigenvalue weighted by atomic mass is 10.2. The van der Waals surface area contributed by atoms with Gasteiger partial charge in [-0.15, -0.1) is 0 Å². The Hall–Kier alpha value is -2.80. The quantitative estimate of drug-likeness (QED) is 0.892. The summed E-state index contributed by atoms with van der Waals surface area (Å²) in [6.07, 6.45) is 0. The Morgan fingerprint density at radius 1 is 1.00 bits per heavy atom. The Morgan fingerprint density at radius 2 is 1.62 bits per heavy atom. The predicted octanol–water partition coefficient (Wildman–Crippen LogP) is 3.28. The lowest BCUT2D eigenvalue weighted by Gasteiger charge is -2.15. The van der Waals surface area contributed by atoms with Crippen LogP contribution in [-0.2, 0) is 9.59 Å². The van der Waals surface area contributed by atoms with E-state index in [0.717, 1.165) is 11.8 Å². The minimum Gasteiger partial charge on any atom is -0.365 e. The van der Waals surface area contributed by atoms with Crippen LogP contribution in [0.15, 0.2) is 54.6 Å². The molecular weight excluding hydrogens is 326 g/mol. The Morgan fingerprint density at radius 3 is 2.25 bits per heavy atom. The molecule has 0 aromatic heterocycles. The highest BCUT2D eigenvalue weighted by Gasteiger charge is 2.40. The van der Waals surface area contributed by atoms with E-state index in [1.54, 1.807) is 48.5 Å². The zero-order valence-electron chi connectivity index (χ0n) is 12.9. The van der Waals surface area contributed by atoms with Crippen LogP contribution in [0, 0.1) is 0 Å². The maximum atomic E-state index is 12.5. The molecule has 2 aromatic carbocycles. The predicted molar refractivity (Wildman–Crippen MR) is 95.1 cm³/mol. The summed E-state index contributed by atoms with van der Waals surface area (Å²) in [5.41, 5.74) is 1.92. The van der Waals surface area contributed by atoms with E-state index in [2.05, 4.69) is 10.6 Å². The number of benzene rings is 2. The molecule has 122 valence electrons. The summed E-state index contributed by atoms with van der Waals surface area (Å²) in [4.78, 5) is 36.8. The normalized spacial score (nSPS) is 17.0. The van der Waals surface area contributed by atoms with E-state index in [0.29, 0.717) is 17.1 Å². The Bertz CT molecular complexity index is 777. The molecule has 1 heterocycles. The van der Waals surface area contributed by atoms with Gasteiger partial charge in [-0.3, -0.25) is 14.4 Å². The summed E-state index contributed by atoms with van der Waals surface area (Å²) in [6, 6.07) is 15.8. The van der Waals surface area contributed by atoms with Crippen LogP contribution < -0.4 is 15.5 Å². The van der Waals surface area contributed by atoms with Crippen molar-refractivity contribution >= 4 is 45.9 Å². The molecule has 24 heavy (non-hydrogen) atoms. The molecule has 6 nitrogen and oxygen atoms in total. The standard InChI is InChI=1S/C17H15N3O3S/c1-11(21)18-12-7-9-13(10-8-12)19-15-16(22)20(17(23)24-15)14-5-3-2-4-6-14/h2-10,15,19H,1H3,(H,18,21). The SMILES string of the molecule is CC(=O)Nc1ccc(NC2SC(=O)N(c3ccccc3)C2=O)cc1. The second-order valence-corrected chi connectivity index (χ2v) is 6.23. The number of para-hydroxylation sites is 1. The Labute approximate surface area is 143 Å². The van der Waals surface area contributed by atoms with Gasteiger partial charge in [0.1, 0.15) is 0 Å². The summed E-state index contributed by atoms with van der Waals surface area (Å²) in [7, 11) is 0. The molecule has 1 saturated heterocycles. The second-order valence-electron chi connectivity index (χ2n) is 5.18. The first kappa shape index (κ1) is 16.1. The van der Waals surface area contributed by atoms with Crippen LogP contribution in [0.25, 0.3) is 0 Å². The van der Waals surface area contributed by atoms with Crippen molar-refractivity contribution < 1.29 is 14.4 Å². The topological polar surface area (TPSA) is 78.5 Å². The first-order valence-corrected chi connectivity index (χ1v) is 8.16. The average Bonchev–Trinajstić information content (AvgIpc) is 2.83. The third-order valence-corrected chi connectivity index (χ3v) is 4.30. The van der Waals surface area contributed by atoms with Gasteiger partial charge >= 0.3 is 0 Å². The van der Waals surface area contributed by atoms with Crippen LogP contribution in [0.4, 0.5) is 21.9 Å². The van der Waals surface area contributed by atoms with Crippen LogP contribution in [0.2, 0.25) is 0 Å². The number of imide groups is 1. The van der Waals surface area contributed by atoms with Crippen LogP contribution in [-0.4, -0.2) is 22.4 Å². The zero-order chi connectivity index (χ0) is 17.1. The molecular formula is C17H15N3O3S. The molecule has 0 saturated carbocycles. The van der Waals surface area contributed by atoms with Gasteiger partial charge in [-0.05, 0) is 48.2 Å². The van der Waals surface area contributed by atoms with Crippen LogP contribution in [0.3, 0.4) is 0 Å². The molecule has 1 atom stereocenters. The van der Waals surface area contributed by atoms with Gasteiger partial charge in [-0.1, -0.05) is 18.2 Å². The lowest BCUT2D eigenvalue weighted by Crippen LogP contribution is -2.34. The van der Waals surface area contributed by atoms with E-state index in [1.165, 1.54) is 11.8 Å². The van der Waals surface area contributed by atoms with E-state index in [9.17, 15) is 14.4 Å². The fourth-order valence-corrected chi connectivity index (χ4v) is 3.22. The molecule has 0 aliphatic carbocycles. The molecule has 1 fully saturated rings. The summed E-state index contributed by atoms with van der Waals surface area (Å²) < 4.78 is 0. The van der Waals surface area contributed by atoms with Gasteiger partial charge in [0.05, 0.1) is 5.69 Å². The van der Waals surface area contributed by atoms with Crippen molar-refractivity contribution in [3.63, 3.8) is 0 Å². The molecule has 0 radical (unpaired) electrons. The molecule has 7 heteroatoms. The second kappa shape index (κ2) is 6.76. The molecule has 1 unspecified atom stereocenters. The number of carbonyl (C=O) groups excluding carboxylic acids is 3. The number of hydrogen-bond donors (Lipinski definition) is 2. The van der Waals surface area contributed by atoms with Crippen molar-refractivity contribution in [1.82, 2.24) is 0 Å². The molecule has 3 amide bonds. The molecule has 0 spiro atoms. The smallest absolute Gasteiger partial charge is 0.295 e. The number of nitrogens with zero attached hydrogens (tertiary/aromatic N) is 1. The number of anilines is 3. The van der Waals surface area contributed by atoms with E-state index < -0.39 is 5.37 Å². The van der Waals surface area contributed by atoms with Crippen molar-refractivity contribution in [2.45, 2.75) is 12.3 Å². The van der Waals surface area contributed by atoms with E-state index in [4.69, 9.17) is 0 Å². The number of nitrogens with one attached hydrogen (secondary N) is 2. The number of thioether (sulfide) groups is 1. The van der Waals surface area contributed by atoms with Crippen LogP contribution in [0.1, 0.15) is 6.92 Å². The van der Waals surface area contributed by atoms with Gasteiger partial charge in [0.25, 0.3) is 11.1 Å². The van der Waals surface area contributed by atoms with Crippen molar-refractivity contribution in [1.29, 1.82) is 0 Å². The van der Waals surface area contributed by atoms with Gasteiger partial charge in [-0.25, -0.2) is 4.90 Å². The van der Waals surface area contributed by atoms with Crippen molar-refractivity contribution in [2.75, 3.05) is 15.5 Å². The number of rotatable bonds is 4. The number of amides is 3. The van der Waals surface area contributed by atoms with Gasteiger partial charge in [0, 0.05) is 18.3 Å². The summed E-state index contributed by atoms with van der Waals surface area (Å²) in [5, 5.41) is 4.72. The summed E-state index contributed by atoms with van der Waals surface area (Å²) >= 11 is 0.943. The first-order valence-electron chi connectivity index (χ1n) is 7.28. The lowest BCUT2D eigenvalue weighted by molar-refractivity contribution is -0.116. The average molecular weight is 341 g/mol. The maximum Gasteiger partial charge on any atom is 0.295 e. The van der Waals surface area contributed by atoms with Gasteiger partial charge < -0.3 is 10.6 Å². The highest BCUT2D eigenvalue weighted by atomic mass is 32.2. The van der Waals surface area contributed by atoms with Crippen molar-refractivity contribution in [2.24, 2.45) is 0 Å². The zero-order valence-corrected chi connectivity index (χ0v) is 13.7. The summed E-state index contributed by atoms with van der Waals surface area (Å²) in [6.45, 7) is 1.43. The number of carbonyl (C=O) groups is 3. The summed E-state index contributed by atoms with van der Waals surface area (Å²) in [5.74, 6) is -0.455. The van der Waals surface area contributed by atoms with Gasteiger partial charge in [0.2, 0.25) is 5.91 Å². The highest BCUT2D eigenvalue weighted by molar-refractivity contribution is 8.16. The third kappa shape index (κ3) is 3.41. The van der Waals surface area contributed by atoms with Gasteiger partial charge in [-0.2, -0.15) is 0 Å². The van der Waals surface area contributed by atoms with E-state index in [-0.39, 0.29) is 17.1 Å². The third-order valence-electron chi connectivity index (χ3n) is 3.36. The fourth-order valence-electron chi connectivity index (χ4n) is 2.32. The minimum atomic E-state index is -0.677. The molecule has 2 N–H and O–H groups in total. The van der Waals surface area contributed by atoms with E-state index >= 15 is 0 Å². The Balaban J connectivity index is 1.71. The first-order chi connectivity index (χ1) is 11.5. The minimum absolute atomic E-state index is 0.152. The fraction of sp³-hybridized carbons (Fsp3) is 0.118. The van der Waals surface area contributed by atoms with Crippen LogP contribution in [0.5, 0.6) is 0 Å². The molecule has 1 aliphatic heterocycles. The molecule has 2 aromatic rings.